The lowest BCUT2D eigenvalue weighted by Gasteiger charge is -2.20. The van der Waals surface area contributed by atoms with E-state index in [0.29, 0.717) is 23.8 Å². The quantitative estimate of drug-likeness (QED) is 0.754. The molecule has 6 nitrogen and oxygen atoms in total. The number of hydrogen-bond acceptors (Lipinski definition) is 4. The SMILES string of the molecule is COCCN(CC(=O)O)C(=O)c1cccc(OCC(C)C)c1. The van der Waals surface area contributed by atoms with Crippen molar-refractivity contribution < 1.29 is 24.2 Å². The molecule has 1 aromatic carbocycles. The number of ether oxygens (including phenoxy) is 2. The van der Waals surface area contributed by atoms with Crippen molar-refractivity contribution in [2.24, 2.45) is 5.92 Å². The van der Waals surface area contributed by atoms with E-state index < -0.39 is 5.97 Å². The molecule has 0 aliphatic rings. The van der Waals surface area contributed by atoms with E-state index in [-0.39, 0.29) is 25.6 Å². The second-order valence-corrected chi connectivity index (χ2v) is 5.35. The number of nitrogens with zero attached hydrogens (tertiary/aromatic N) is 1. The summed E-state index contributed by atoms with van der Waals surface area (Å²) in [5, 5.41) is 8.92. The first-order chi connectivity index (χ1) is 10.4. The van der Waals surface area contributed by atoms with Crippen LogP contribution in [-0.2, 0) is 9.53 Å². The average Bonchev–Trinajstić information content (AvgIpc) is 2.48. The average molecular weight is 309 g/mol. The summed E-state index contributed by atoms with van der Waals surface area (Å²) in [7, 11) is 1.50. The molecule has 1 rings (SSSR count). The van der Waals surface area contributed by atoms with Crippen molar-refractivity contribution in [3.63, 3.8) is 0 Å². The largest absolute Gasteiger partial charge is 0.493 e. The van der Waals surface area contributed by atoms with E-state index in [1.807, 2.05) is 13.8 Å². The van der Waals surface area contributed by atoms with Gasteiger partial charge in [0.1, 0.15) is 12.3 Å². The van der Waals surface area contributed by atoms with Crippen LogP contribution >= 0.6 is 0 Å². The van der Waals surface area contributed by atoms with Crippen LogP contribution in [0, 0.1) is 5.92 Å². The molecule has 1 amide bonds. The first kappa shape index (κ1) is 18.0. The lowest BCUT2D eigenvalue weighted by atomic mass is 10.2. The lowest BCUT2D eigenvalue weighted by molar-refractivity contribution is -0.137. The zero-order chi connectivity index (χ0) is 16.5. The number of carbonyl (C=O) groups excluding carboxylic acids is 1. The van der Waals surface area contributed by atoms with Gasteiger partial charge >= 0.3 is 5.97 Å². The number of amides is 1. The van der Waals surface area contributed by atoms with Crippen LogP contribution in [0.5, 0.6) is 5.75 Å². The fraction of sp³-hybridized carbons (Fsp3) is 0.500. The molecular weight excluding hydrogens is 286 g/mol. The maximum absolute atomic E-state index is 12.4. The van der Waals surface area contributed by atoms with Gasteiger partial charge in [-0.25, -0.2) is 0 Å². The third kappa shape index (κ3) is 6.13. The molecule has 0 atom stereocenters. The monoisotopic (exact) mass is 309 g/mol. The van der Waals surface area contributed by atoms with Crippen molar-refractivity contribution >= 4 is 11.9 Å². The van der Waals surface area contributed by atoms with Crippen LogP contribution in [0.4, 0.5) is 0 Å². The lowest BCUT2D eigenvalue weighted by Crippen LogP contribution is -2.38. The number of aliphatic carboxylic acids is 1. The van der Waals surface area contributed by atoms with Gasteiger partial charge < -0.3 is 19.5 Å². The van der Waals surface area contributed by atoms with Gasteiger partial charge in [0.2, 0.25) is 0 Å². The van der Waals surface area contributed by atoms with Crippen LogP contribution in [0.25, 0.3) is 0 Å². The number of hydrogen-bond donors (Lipinski definition) is 1. The summed E-state index contributed by atoms with van der Waals surface area (Å²) in [6, 6.07) is 6.77. The maximum Gasteiger partial charge on any atom is 0.323 e. The number of rotatable bonds is 9. The van der Waals surface area contributed by atoms with E-state index in [2.05, 4.69) is 0 Å². The Bertz CT molecular complexity index is 501. The fourth-order valence-corrected chi connectivity index (χ4v) is 1.78. The van der Waals surface area contributed by atoms with E-state index in [1.165, 1.54) is 12.0 Å². The molecule has 0 bridgehead atoms. The van der Waals surface area contributed by atoms with Gasteiger partial charge in [0, 0.05) is 19.2 Å². The minimum absolute atomic E-state index is 0.221. The highest BCUT2D eigenvalue weighted by molar-refractivity contribution is 5.96. The Balaban J connectivity index is 2.83. The van der Waals surface area contributed by atoms with Crippen LogP contribution in [0.2, 0.25) is 0 Å². The first-order valence-corrected chi connectivity index (χ1v) is 7.17. The minimum atomic E-state index is -1.06. The van der Waals surface area contributed by atoms with Gasteiger partial charge in [-0.15, -0.1) is 0 Å². The molecule has 0 aliphatic carbocycles. The number of carbonyl (C=O) groups is 2. The van der Waals surface area contributed by atoms with Gasteiger partial charge in [-0.3, -0.25) is 9.59 Å². The molecule has 0 fully saturated rings. The normalized spacial score (nSPS) is 10.5. The first-order valence-electron chi connectivity index (χ1n) is 7.17. The van der Waals surface area contributed by atoms with Gasteiger partial charge in [0.15, 0.2) is 0 Å². The van der Waals surface area contributed by atoms with Crippen LogP contribution in [-0.4, -0.2) is 55.3 Å². The number of carboxylic acids is 1. The summed E-state index contributed by atoms with van der Waals surface area (Å²) >= 11 is 0. The molecule has 0 aliphatic heterocycles. The van der Waals surface area contributed by atoms with Crippen molar-refractivity contribution in [1.82, 2.24) is 4.90 Å². The summed E-state index contributed by atoms with van der Waals surface area (Å²) in [5.74, 6) is -0.433. The van der Waals surface area contributed by atoms with Crippen molar-refractivity contribution in [3.05, 3.63) is 29.8 Å². The Kier molecular flexibility index (Phi) is 7.39. The third-order valence-corrected chi connectivity index (χ3v) is 2.84. The van der Waals surface area contributed by atoms with E-state index in [9.17, 15) is 9.59 Å². The Morgan fingerprint density at radius 3 is 2.64 bits per heavy atom. The molecule has 6 heteroatoms. The smallest absolute Gasteiger partial charge is 0.323 e. The Hall–Kier alpha value is -2.08. The predicted octanol–water partition coefficient (Wildman–Crippen LogP) is 1.89. The second-order valence-electron chi connectivity index (χ2n) is 5.35. The predicted molar refractivity (Wildman–Crippen MR) is 82.2 cm³/mol. The molecule has 1 N–H and O–H groups in total. The topological polar surface area (TPSA) is 76.1 Å². The molecule has 0 radical (unpaired) electrons. The maximum atomic E-state index is 12.4. The molecule has 0 unspecified atom stereocenters. The van der Waals surface area contributed by atoms with Crippen LogP contribution in [0.1, 0.15) is 24.2 Å². The highest BCUT2D eigenvalue weighted by Gasteiger charge is 2.18. The van der Waals surface area contributed by atoms with Crippen LogP contribution in [0.15, 0.2) is 24.3 Å². The van der Waals surface area contributed by atoms with Crippen molar-refractivity contribution in [2.45, 2.75) is 13.8 Å². The molecule has 1 aromatic rings. The van der Waals surface area contributed by atoms with Gasteiger partial charge in [0.25, 0.3) is 5.91 Å². The molecule has 0 saturated carbocycles. The number of carboxylic acid groups (broad SMARTS) is 1. The number of benzene rings is 1. The van der Waals surface area contributed by atoms with Crippen molar-refractivity contribution in [2.75, 3.05) is 33.4 Å². The molecule has 0 aromatic heterocycles. The second kappa shape index (κ2) is 9.04. The van der Waals surface area contributed by atoms with E-state index in [0.717, 1.165) is 0 Å². The minimum Gasteiger partial charge on any atom is -0.493 e. The van der Waals surface area contributed by atoms with Gasteiger partial charge in [0.05, 0.1) is 13.2 Å². The van der Waals surface area contributed by atoms with E-state index in [4.69, 9.17) is 14.6 Å². The van der Waals surface area contributed by atoms with E-state index in [1.54, 1.807) is 24.3 Å². The zero-order valence-corrected chi connectivity index (χ0v) is 13.2. The van der Waals surface area contributed by atoms with E-state index >= 15 is 0 Å². The van der Waals surface area contributed by atoms with Crippen LogP contribution < -0.4 is 4.74 Å². The molecule has 22 heavy (non-hydrogen) atoms. The van der Waals surface area contributed by atoms with Gasteiger partial charge in [-0.2, -0.15) is 0 Å². The summed E-state index contributed by atoms with van der Waals surface area (Å²) in [4.78, 5) is 24.6. The molecule has 0 spiro atoms. The van der Waals surface area contributed by atoms with Gasteiger partial charge in [-0.1, -0.05) is 19.9 Å². The number of methoxy groups -OCH3 is 1. The van der Waals surface area contributed by atoms with Crippen molar-refractivity contribution in [1.29, 1.82) is 0 Å². The molecule has 0 heterocycles. The summed E-state index contributed by atoms with van der Waals surface area (Å²) in [5.41, 5.74) is 0.401. The summed E-state index contributed by atoms with van der Waals surface area (Å²) in [6.07, 6.45) is 0. The zero-order valence-electron chi connectivity index (χ0n) is 13.2. The highest BCUT2D eigenvalue weighted by atomic mass is 16.5. The standard InChI is InChI=1S/C16H23NO5/c1-12(2)11-22-14-6-4-5-13(9-14)16(20)17(7-8-21-3)10-15(18)19/h4-6,9,12H,7-8,10-11H2,1-3H3,(H,18,19). The third-order valence-electron chi connectivity index (χ3n) is 2.84. The summed E-state index contributed by atoms with van der Waals surface area (Å²) in [6.45, 7) is 4.77. The molecular formula is C16H23NO5. The van der Waals surface area contributed by atoms with Crippen LogP contribution in [0.3, 0.4) is 0 Å². The van der Waals surface area contributed by atoms with Crippen molar-refractivity contribution in [3.8, 4) is 5.75 Å². The Morgan fingerprint density at radius 1 is 1.32 bits per heavy atom. The Labute approximate surface area is 130 Å². The molecule has 122 valence electrons. The molecule has 0 saturated heterocycles. The Morgan fingerprint density at radius 2 is 2.05 bits per heavy atom. The van der Waals surface area contributed by atoms with Gasteiger partial charge in [-0.05, 0) is 24.1 Å². The summed E-state index contributed by atoms with van der Waals surface area (Å²) < 4.78 is 10.5. The highest BCUT2D eigenvalue weighted by Crippen LogP contribution is 2.16. The fourth-order valence-electron chi connectivity index (χ4n) is 1.78.